The normalized spacial score (nSPS) is 12.4. The number of benzene rings is 1. The Balaban J connectivity index is 0.00000576. The molecule has 0 aromatic heterocycles. The zero-order chi connectivity index (χ0) is 18.3. The molecule has 0 aliphatic heterocycles. The third kappa shape index (κ3) is 6.14. The number of anilines is 2. The van der Waals surface area contributed by atoms with E-state index < -0.39 is 16.1 Å². The van der Waals surface area contributed by atoms with Gasteiger partial charge in [-0.25, -0.2) is 8.42 Å². The Bertz CT molecular complexity index is 661. The first kappa shape index (κ1) is 23.6. The molecule has 1 atom stereocenters. The van der Waals surface area contributed by atoms with E-state index >= 15 is 0 Å². The number of sulfonamides is 1. The van der Waals surface area contributed by atoms with Crippen LogP contribution in [0.4, 0.5) is 11.4 Å². The van der Waals surface area contributed by atoms with Gasteiger partial charge >= 0.3 is 0 Å². The molecule has 7 nitrogen and oxygen atoms in total. The van der Waals surface area contributed by atoms with E-state index in [1.807, 2.05) is 6.92 Å². The second kappa shape index (κ2) is 10.6. The Labute approximate surface area is 156 Å². The molecule has 0 fully saturated rings. The minimum atomic E-state index is -3.59. The molecule has 0 radical (unpaired) electrons. The molecule has 0 spiro atoms. The molecule has 0 bridgehead atoms. The topological polar surface area (TPSA) is 105 Å². The summed E-state index contributed by atoms with van der Waals surface area (Å²) in [7, 11) is -3.59. The van der Waals surface area contributed by atoms with Crippen molar-refractivity contribution in [1.82, 2.24) is 4.31 Å². The van der Waals surface area contributed by atoms with Crippen LogP contribution in [0.3, 0.4) is 0 Å². The average molecular weight is 393 g/mol. The van der Waals surface area contributed by atoms with Crippen molar-refractivity contribution in [2.45, 2.75) is 45.1 Å². The standard InChI is InChI=1S/C16H28N4O3S.ClH/c1-5-10-18-14-9-8-13(24(22,23)20(6-2)7-3)11-15(14)19-16(21)12(4)17;/h8-9,11-12,18H,5-7,10,17H2,1-4H3,(H,19,21);1H/t12-;/m0./s1. The summed E-state index contributed by atoms with van der Waals surface area (Å²) in [6.45, 7) is 8.65. The molecule has 1 rings (SSSR count). The van der Waals surface area contributed by atoms with E-state index in [4.69, 9.17) is 5.73 Å². The molecule has 0 aliphatic rings. The SMILES string of the molecule is CCCNc1ccc(S(=O)(=O)N(CC)CC)cc1NC(=O)[C@H](C)N.Cl. The number of nitrogens with zero attached hydrogens (tertiary/aromatic N) is 1. The smallest absolute Gasteiger partial charge is 0.243 e. The van der Waals surface area contributed by atoms with Gasteiger partial charge in [0, 0.05) is 19.6 Å². The highest BCUT2D eigenvalue weighted by atomic mass is 35.5. The minimum absolute atomic E-state index is 0. The van der Waals surface area contributed by atoms with Gasteiger partial charge < -0.3 is 16.4 Å². The van der Waals surface area contributed by atoms with Crippen LogP contribution in [0, 0.1) is 0 Å². The maximum atomic E-state index is 12.7. The zero-order valence-corrected chi connectivity index (χ0v) is 16.8. The molecule has 0 saturated carbocycles. The number of nitrogens with two attached hydrogens (primary N) is 1. The van der Waals surface area contributed by atoms with Crippen molar-refractivity contribution in [3.63, 3.8) is 0 Å². The maximum Gasteiger partial charge on any atom is 0.243 e. The molecule has 9 heteroatoms. The van der Waals surface area contributed by atoms with Crippen molar-refractivity contribution in [2.75, 3.05) is 30.3 Å². The van der Waals surface area contributed by atoms with Crippen LogP contribution in [-0.2, 0) is 14.8 Å². The summed E-state index contributed by atoms with van der Waals surface area (Å²) in [5.74, 6) is -0.369. The van der Waals surface area contributed by atoms with Gasteiger partial charge in [0.15, 0.2) is 0 Å². The second-order valence-electron chi connectivity index (χ2n) is 5.50. The van der Waals surface area contributed by atoms with Crippen LogP contribution < -0.4 is 16.4 Å². The van der Waals surface area contributed by atoms with Crippen LogP contribution in [0.2, 0.25) is 0 Å². The highest BCUT2D eigenvalue weighted by Crippen LogP contribution is 2.27. The van der Waals surface area contributed by atoms with Crippen LogP contribution in [0.25, 0.3) is 0 Å². The van der Waals surface area contributed by atoms with Gasteiger partial charge in [0.2, 0.25) is 15.9 Å². The highest BCUT2D eigenvalue weighted by Gasteiger charge is 2.23. The molecule has 0 saturated heterocycles. The van der Waals surface area contributed by atoms with Gasteiger partial charge in [-0.1, -0.05) is 20.8 Å². The molecular weight excluding hydrogens is 364 g/mol. The number of carbonyl (C=O) groups is 1. The summed E-state index contributed by atoms with van der Waals surface area (Å²) in [5, 5.41) is 5.88. The number of halogens is 1. The average Bonchev–Trinajstić information content (AvgIpc) is 2.54. The van der Waals surface area contributed by atoms with Crippen LogP contribution in [0.1, 0.15) is 34.1 Å². The zero-order valence-electron chi connectivity index (χ0n) is 15.2. The number of hydrogen-bond acceptors (Lipinski definition) is 5. The fourth-order valence-corrected chi connectivity index (χ4v) is 3.64. The number of amides is 1. The van der Waals surface area contributed by atoms with E-state index in [1.54, 1.807) is 32.9 Å². The van der Waals surface area contributed by atoms with E-state index in [-0.39, 0.29) is 23.2 Å². The lowest BCUT2D eigenvalue weighted by Gasteiger charge is -2.20. The van der Waals surface area contributed by atoms with Gasteiger partial charge in [0.1, 0.15) is 0 Å². The number of nitrogens with one attached hydrogen (secondary N) is 2. The van der Waals surface area contributed by atoms with E-state index in [9.17, 15) is 13.2 Å². The van der Waals surface area contributed by atoms with Gasteiger partial charge in [0.25, 0.3) is 0 Å². The summed E-state index contributed by atoms with van der Waals surface area (Å²) < 4.78 is 26.7. The van der Waals surface area contributed by atoms with Crippen LogP contribution in [-0.4, -0.2) is 44.3 Å². The molecule has 1 aromatic rings. The number of hydrogen-bond donors (Lipinski definition) is 3. The van der Waals surface area contributed by atoms with Gasteiger partial charge in [-0.05, 0) is 31.5 Å². The van der Waals surface area contributed by atoms with Crippen LogP contribution >= 0.6 is 12.4 Å². The van der Waals surface area contributed by atoms with Crippen molar-refractivity contribution in [3.05, 3.63) is 18.2 Å². The number of rotatable bonds is 9. The molecule has 25 heavy (non-hydrogen) atoms. The molecular formula is C16H29ClN4O3S. The third-order valence-electron chi connectivity index (χ3n) is 3.57. The Morgan fingerprint density at radius 3 is 2.28 bits per heavy atom. The molecule has 1 aromatic carbocycles. The van der Waals surface area contributed by atoms with Crippen molar-refractivity contribution in [1.29, 1.82) is 0 Å². The largest absolute Gasteiger partial charge is 0.383 e. The molecule has 4 N–H and O–H groups in total. The lowest BCUT2D eigenvalue weighted by molar-refractivity contribution is -0.117. The third-order valence-corrected chi connectivity index (χ3v) is 5.62. The lowest BCUT2D eigenvalue weighted by Crippen LogP contribution is -2.33. The summed E-state index contributed by atoms with van der Waals surface area (Å²) in [5.41, 5.74) is 6.68. The summed E-state index contributed by atoms with van der Waals surface area (Å²) in [4.78, 5) is 12.1. The molecule has 1 amide bonds. The molecule has 0 aliphatic carbocycles. The quantitative estimate of drug-likeness (QED) is 0.597. The predicted octanol–water partition coefficient (Wildman–Crippen LogP) is 2.25. The van der Waals surface area contributed by atoms with Crippen molar-refractivity contribution in [2.24, 2.45) is 5.73 Å². The fourth-order valence-electron chi connectivity index (χ4n) is 2.16. The predicted molar refractivity (Wildman–Crippen MR) is 105 cm³/mol. The van der Waals surface area contributed by atoms with E-state index in [0.717, 1.165) is 6.42 Å². The van der Waals surface area contributed by atoms with Crippen molar-refractivity contribution >= 4 is 39.7 Å². The van der Waals surface area contributed by atoms with E-state index in [0.29, 0.717) is 31.0 Å². The first-order chi connectivity index (χ1) is 11.3. The van der Waals surface area contributed by atoms with Gasteiger partial charge in [-0.15, -0.1) is 12.4 Å². The van der Waals surface area contributed by atoms with Gasteiger partial charge in [-0.2, -0.15) is 4.31 Å². The van der Waals surface area contributed by atoms with E-state index in [2.05, 4.69) is 10.6 Å². The summed E-state index contributed by atoms with van der Waals surface area (Å²) in [6.07, 6.45) is 0.903. The summed E-state index contributed by atoms with van der Waals surface area (Å²) >= 11 is 0. The van der Waals surface area contributed by atoms with E-state index in [1.165, 1.54) is 10.4 Å². The Morgan fingerprint density at radius 1 is 1.20 bits per heavy atom. The first-order valence-corrected chi connectivity index (χ1v) is 9.66. The lowest BCUT2D eigenvalue weighted by atomic mass is 10.2. The Kier molecular flexibility index (Phi) is 10.0. The number of carbonyl (C=O) groups excluding carboxylic acids is 1. The fraction of sp³-hybridized carbons (Fsp3) is 0.562. The summed E-state index contributed by atoms with van der Waals surface area (Å²) in [6, 6.07) is 4.01. The highest BCUT2D eigenvalue weighted by molar-refractivity contribution is 7.89. The first-order valence-electron chi connectivity index (χ1n) is 8.22. The van der Waals surface area contributed by atoms with Crippen LogP contribution in [0.15, 0.2) is 23.1 Å². The molecule has 144 valence electrons. The monoisotopic (exact) mass is 392 g/mol. The maximum absolute atomic E-state index is 12.7. The Morgan fingerprint density at radius 2 is 1.80 bits per heavy atom. The van der Waals surface area contributed by atoms with Crippen molar-refractivity contribution in [3.8, 4) is 0 Å². The Hall–Kier alpha value is -1.35. The van der Waals surface area contributed by atoms with Crippen molar-refractivity contribution < 1.29 is 13.2 Å². The molecule has 0 heterocycles. The van der Waals surface area contributed by atoms with Gasteiger partial charge in [0.05, 0.1) is 22.3 Å². The van der Waals surface area contributed by atoms with Gasteiger partial charge in [-0.3, -0.25) is 4.79 Å². The van der Waals surface area contributed by atoms with Crippen LogP contribution in [0.5, 0.6) is 0 Å². The minimum Gasteiger partial charge on any atom is -0.383 e. The second-order valence-corrected chi connectivity index (χ2v) is 7.44. The molecule has 0 unspecified atom stereocenters.